The smallest absolute Gasteiger partial charge is 0.465 e. The van der Waals surface area contributed by atoms with E-state index in [0.717, 1.165) is 18.2 Å². The van der Waals surface area contributed by atoms with E-state index in [0.29, 0.717) is 24.4 Å². The molecule has 2 amide bonds. The summed E-state index contributed by atoms with van der Waals surface area (Å²) in [6, 6.07) is 3.83. The lowest BCUT2D eigenvalue weighted by Crippen LogP contribution is -2.29. The van der Waals surface area contributed by atoms with Crippen molar-refractivity contribution in [2.45, 2.75) is 18.1 Å². The van der Waals surface area contributed by atoms with Crippen LogP contribution in [-0.4, -0.2) is 49.8 Å². The Kier molecular flexibility index (Phi) is 9.33. The Morgan fingerprint density at radius 3 is 2.26 bits per heavy atom. The molecule has 0 saturated heterocycles. The molecule has 0 radical (unpaired) electrons. The average Bonchev–Trinajstić information content (AvgIpc) is 2.84. The average molecular weight is 629 g/mol. The van der Waals surface area contributed by atoms with Gasteiger partial charge in [0.15, 0.2) is 5.82 Å². The summed E-state index contributed by atoms with van der Waals surface area (Å²) in [5.74, 6) is -8.92. The fourth-order valence-electron chi connectivity index (χ4n) is 3.37. The fourth-order valence-corrected chi connectivity index (χ4v) is 5.18. The molecule has 0 aliphatic heterocycles. The van der Waals surface area contributed by atoms with Crippen molar-refractivity contribution in [1.82, 2.24) is 15.3 Å². The number of anilines is 2. The Morgan fingerprint density at radius 2 is 1.67 bits per heavy atom. The van der Waals surface area contributed by atoms with Gasteiger partial charge in [-0.1, -0.05) is 0 Å². The standard InChI is InChI=1S/C23H16F9N5O4S/c24-13-1-2-15(16(25)8-13)18-17(26)9-34-20(36-18)35-14-6-11(5-12(7-14)22(27,28)29)10-42(41,4-3-33-21(39)40)37-19(38)23(30,31)32/h1-2,5-9,33H,3-4,10H2,(H,39,40)(H,34,35,36). The van der Waals surface area contributed by atoms with Crippen LogP contribution in [0, 0.1) is 17.5 Å². The number of nitrogens with one attached hydrogen (secondary N) is 2. The van der Waals surface area contributed by atoms with E-state index < -0.39 is 104 Å². The van der Waals surface area contributed by atoms with E-state index in [4.69, 9.17) is 5.11 Å². The van der Waals surface area contributed by atoms with Gasteiger partial charge in [-0.25, -0.2) is 32.1 Å². The lowest BCUT2D eigenvalue weighted by molar-refractivity contribution is -0.169. The number of carboxylic acid groups (broad SMARTS) is 1. The summed E-state index contributed by atoms with van der Waals surface area (Å²) in [6.45, 7) is -0.765. The minimum absolute atomic E-state index is 0.411. The number of rotatable bonds is 8. The van der Waals surface area contributed by atoms with Gasteiger partial charge in [0.05, 0.1) is 33.0 Å². The third-order valence-corrected chi connectivity index (χ3v) is 7.21. The molecule has 0 aliphatic rings. The second kappa shape index (κ2) is 12.2. The van der Waals surface area contributed by atoms with Crippen molar-refractivity contribution in [2.24, 2.45) is 4.36 Å². The van der Waals surface area contributed by atoms with Gasteiger partial charge in [0, 0.05) is 23.9 Å². The van der Waals surface area contributed by atoms with E-state index in [9.17, 15) is 53.3 Å². The Labute approximate surface area is 230 Å². The van der Waals surface area contributed by atoms with E-state index in [-0.39, 0.29) is 0 Å². The van der Waals surface area contributed by atoms with E-state index in [1.54, 1.807) is 5.32 Å². The molecule has 1 aromatic heterocycles. The summed E-state index contributed by atoms with van der Waals surface area (Å²) in [5.41, 5.74) is -3.70. The van der Waals surface area contributed by atoms with Crippen LogP contribution in [0.4, 0.5) is 55.9 Å². The van der Waals surface area contributed by atoms with Gasteiger partial charge in [0.1, 0.15) is 17.3 Å². The van der Waals surface area contributed by atoms with Gasteiger partial charge in [-0.2, -0.15) is 30.7 Å². The van der Waals surface area contributed by atoms with Gasteiger partial charge in [-0.3, -0.25) is 4.79 Å². The highest BCUT2D eigenvalue weighted by atomic mass is 32.2. The zero-order valence-electron chi connectivity index (χ0n) is 20.5. The summed E-state index contributed by atoms with van der Waals surface area (Å²) >= 11 is 0. The summed E-state index contributed by atoms with van der Waals surface area (Å²) in [4.78, 5) is 29.3. The van der Waals surface area contributed by atoms with Crippen LogP contribution in [0.15, 0.2) is 47.0 Å². The third kappa shape index (κ3) is 8.54. The van der Waals surface area contributed by atoms with Gasteiger partial charge in [0.2, 0.25) is 5.95 Å². The molecule has 0 fully saturated rings. The summed E-state index contributed by atoms with van der Waals surface area (Å²) in [5, 5.41) is 12.7. The minimum atomic E-state index is -5.58. The molecule has 1 heterocycles. The zero-order valence-corrected chi connectivity index (χ0v) is 21.3. The van der Waals surface area contributed by atoms with Gasteiger partial charge in [-0.15, -0.1) is 0 Å². The molecule has 0 spiro atoms. The highest BCUT2D eigenvalue weighted by Crippen LogP contribution is 2.34. The maximum Gasteiger partial charge on any atom is 0.474 e. The van der Waals surface area contributed by atoms with E-state index in [1.807, 2.05) is 0 Å². The number of hydrogen-bond donors (Lipinski definition) is 3. The predicted octanol–water partition coefficient (Wildman–Crippen LogP) is 5.65. The molecule has 226 valence electrons. The molecular weight excluding hydrogens is 613 g/mol. The van der Waals surface area contributed by atoms with Crippen LogP contribution in [0.25, 0.3) is 11.3 Å². The quantitative estimate of drug-likeness (QED) is 0.275. The van der Waals surface area contributed by atoms with Crippen molar-refractivity contribution >= 4 is 33.4 Å². The molecule has 9 nitrogen and oxygen atoms in total. The SMILES string of the molecule is O=C(O)NCCS(=O)(Cc1cc(Nc2ncc(F)c(-c3ccc(F)cc3F)n2)cc(C(F)(F)F)c1)=NC(=O)C(F)(F)F. The highest BCUT2D eigenvalue weighted by Gasteiger charge is 2.40. The monoisotopic (exact) mass is 629 g/mol. The number of nitrogens with zero attached hydrogens (tertiary/aromatic N) is 3. The predicted molar refractivity (Wildman–Crippen MR) is 128 cm³/mol. The second-order valence-corrected chi connectivity index (χ2v) is 10.7. The van der Waals surface area contributed by atoms with Crippen LogP contribution >= 0.6 is 0 Å². The molecule has 42 heavy (non-hydrogen) atoms. The van der Waals surface area contributed by atoms with Crippen LogP contribution < -0.4 is 10.6 Å². The van der Waals surface area contributed by atoms with Gasteiger partial charge in [0.25, 0.3) is 0 Å². The van der Waals surface area contributed by atoms with Crippen molar-refractivity contribution in [1.29, 1.82) is 0 Å². The Balaban J connectivity index is 2.06. The molecule has 1 atom stereocenters. The Bertz CT molecular complexity index is 1640. The number of carbonyl (C=O) groups is 2. The molecule has 1 unspecified atom stereocenters. The summed E-state index contributed by atoms with van der Waals surface area (Å²) < 4.78 is 137. The van der Waals surface area contributed by atoms with Crippen LogP contribution in [0.1, 0.15) is 11.1 Å². The van der Waals surface area contributed by atoms with Crippen molar-refractivity contribution in [3.8, 4) is 11.3 Å². The highest BCUT2D eigenvalue weighted by molar-refractivity contribution is 7.93. The first-order valence-electron chi connectivity index (χ1n) is 11.1. The molecule has 3 N–H and O–H groups in total. The van der Waals surface area contributed by atoms with Crippen molar-refractivity contribution < 1.29 is 58.4 Å². The van der Waals surface area contributed by atoms with E-state index in [2.05, 4.69) is 19.6 Å². The maximum atomic E-state index is 14.3. The van der Waals surface area contributed by atoms with Gasteiger partial charge < -0.3 is 15.7 Å². The topological polar surface area (TPSA) is 134 Å². The first-order chi connectivity index (χ1) is 19.4. The number of halogens is 9. The number of hydrogen-bond acceptors (Lipinski definition) is 6. The number of amides is 2. The van der Waals surface area contributed by atoms with E-state index >= 15 is 0 Å². The Morgan fingerprint density at radius 1 is 0.976 bits per heavy atom. The Hall–Kier alpha value is -4.42. The number of alkyl halides is 6. The molecular formula is C23H16F9N5O4S. The van der Waals surface area contributed by atoms with Gasteiger partial charge in [-0.05, 0) is 35.9 Å². The molecule has 0 saturated carbocycles. The largest absolute Gasteiger partial charge is 0.474 e. The van der Waals surface area contributed by atoms with E-state index in [1.165, 1.54) is 0 Å². The third-order valence-electron chi connectivity index (χ3n) is 5.09. The fraction of sp³-hybridized carbons (Fsp3) is 0.217. The number of carbonyl (C=O) groups excluding carboxylic acids is 1. The van der Waals surface area contributed by atoms with Crippen molar-refractivity contribution in [3.63, 3.8) is 0 Å². The van der Waals surface area contributed by atoms with Crippen LogP contribution in [0.3, 0.4) is 0 Å². The van der Waals surface area contributed by atoms with Crippen molar-refractivity contribution in [2.75, 3.05) is 17.6 Å². The molecule has 0 aliphatic carbocycles. The molecule has 3 rings (SSSR count). The second-order valence-electron chi connectivity index (χ2n) is 8.30. The van der Waals surface area contributed by atoms with Crippen LogP contribution in [0.2, 0.25) is 0 Å². The van der Waals surface area contributed by atoms with Crippen LogP contribution in [-0.2, 0) is 26.5 Å². The normalized spacial score (nSPS) is 13.3. The first kappa shape index (κ1) is 32.1. The number of aromatic nitrogens is 2. The molecule has 2 aromatic carbocycles. The number of benzene rings is 2. The summed E-state index contributed by atoms with van der Waals surface area (Å²) in [7, 11) is -4.35. The lowest BCUT2D eigenvalue weighted by atomic mass is 10.1. The summed E-state index contributed by atoms with van der Waals surface area (Å²) in [6.07, 6.45) is -11.8. The lowest BCUT2D eigenvalue weighted by Gasteiger charge is -2.16. The molecule has 0 bridgehead atoms. The molecule has 3 aromatic rings. The first-order valence-corrected chi connectivity index (χ1v) is 13.0. The minimum Gasteiger partial charge on any atom is -0.465 e. The maximum absolute atomic E-state index is 14.3. The zero-order chi connectivity index (χ0) is 31.5. The van der Waals surface area contributed by atoms with Gasteiger partial charge >= 0.3 is 24.4 Å². The molecule has 19 heteroatoms. The van der Waals surface area contributed by atoms with Crippen molar-refractivity contribution in [3.05, 3.63) is 71.2 Å². The van der Waals surface area contributed by atoms with Crippen LogP contribution in [0.5, 0.6) is 0 Å².